The molecule has 1 aliphatic rings. The van der Waals surface area contributed by atoms with Crippen molar-refractivity contribution in [2.45, 2.75) is 13.3 Å². The number of esters is 1. The van der Waals surface area contributed by atoms with Gasteiger partial charge < -0.3 is 4.74 Å². The summed E-state index contributed by atoms with van der Waals surface area (Å²) in [7, 11) is 0. The molecule has 0 fully saturated rings. The fraction of sp³-hybridized carbons (Fsp3) is 0.222. The molecule has 3 rings (SSSR count). The van der Waals surface area contributed by atoms with E-state index < -0.39 is 5.41 Å². The molecule has 0 spiro atoms. The van der Waals surface area contributed by atoms with Gasteiger partial charge in [0.1, 0.15) is 6.61 Å². The first-order valence-corrected chi connectivity index (χ1v) is 6.95. The third-order valence-electron chi connectivity index (χ3n) is 3.92. The Hall–Kier alpha value is -2.42. The Kier molecular flexibility index (Phi) is 3.34. The number of rotatable bonds is 3. The van der Waals surface area contributed by atoms with Crippen molar-refractivity contribution in [2.75, 3.05) is 6.61 Å². The molecule has 1 atom stereocenters. The Morgan fingerprint density at radius 3 is 2.48 bits per heavy atom. The van der Waals surface area contributed by atoms with Crippen LogP contribution in [-0.2, 0) is 11.2 Å². The molecule has 0 aliphatic heterocycles. The first kappa shape index (κ1) is 13.6. The topological polar surface area (TPSA) is 43.4 Å². The van der Waals surface area contributed by atoms with Gasteiger partial charge in [-0.3, -0.25) is 4.79 Å². The molecule has 2 aromatic rings. The predicted octanol–water partition coefficient (Wildman–Crippen LogP) is 3.29. The highest BCUT2D eigenvalue weighted by molar-refractivity contribution is 6.05. The molecule has 0 N–H and O–H groups in total. The highest BCUT2D eigenvalue weighted by Gasteiger charge is 2.42. The molecule has 1 unspecified atom stereocenters. The molecule has 3 nitrogen and oxygen atoms in total. The van der Waals surface area contributed by atoms with Crippen molar-refractivity contribution in [3.8, 4) is 0 Å². The molecule has 3 heteroatoms. The number of Topliss-reactive ketones (excluding diaryl/α,β-unsaturated/α-hetero) is 1. The second kappa shape index (κ2) is 5.17. The summed E-state index contributed by atoms with van der Waals surface area (Å²) in [6.07, 6.45) is 0.615. The Balaban J connectivity index is 1.72. The average Bonchev–Trinajstić information content (AvgIpc) is 2.78. The molecule has 0 amide bonds. The number of carbonyl (C=O) groups excluding carboxylic acids is 2. The highest BCUT2D eigenvalue weighted by atomic mass is 16.5. The van der Waals surface area contributed by atoms with Gasteiger partial charge in [0.15, 0.2) is 5.78 Å². The predicted molar refractivity (Wildman–Crippen MR) is 79.3 cm³/mol. The molecular weight excluding hydrogens is 264 g/mol. The van der Waals surface area contributed by atoms with Crippen molar-refractivity contribution >= 4 is 11.8 Å². The van der Waals surface area contributed by atoms with E-state index in [1.165, 1.54) is 0 Å². The maximum atomic E-state index is 12.5. The summed E-state index contributed by atoms with van der Waals surface area (Å²) < 4.78 is 5.36. The van der Waals surface area contributed by atoms with E-state index in [1.54, 1.807) is 24.3 Å². The van der Waals surface area contributed by atoms with Crippen LogP contribution in [0.5, 0.6) is 0 Å². The van der Waals surface area contributed by atoms with E-state index in [2.05, 4.69) is 0 Å². The SMILES string of the molecule is CC1(COC(=O)c2ccccc2)Cc2ccccc2C1=O. The van der Waals surface area contributed by atoms with Gasteiger partial charge in [-0.05, 0) is 31.0 Å². The zero-order valence-corrected chi connectivity index (χ0v) is 11.8. The molecule has 0 heterocycles. The summed E-state index contributed by atoms with van der Waals surface area (Å²) in [4.78, 5) is 24.5. The summed E-state index contributed by atoms with van der Waals surface area (Å²) in [6.45, 7) is 1.96. The van der Waals surface area contributed by atoms with Crippen LogP contribution >= 0.6 is 0 Å². The van der Waals surface area contributed by atoms with Crippen LogP contribution in [0.25, 0.3) is 0 Å². The van der Waals surface area contributed by atoms with Crippen LogP contribution in [0.15, 0.2) is 54.6 Å². The van der Waals surface area contributed by atoms with Crippen molar-refractivity contribution in [3.63, 3.8) is 0 Å². The first-order chi connectivity index (χ1) is 10.1. The zero-order valence-electron chi connectivity index (χ0n) is 11.8. The maximum absolute atomic E-state index is 12.5. The molecule has 21 heavy (non-hydrogen) atoms. The molecule has 0 saturated heterocycles. The van der Waals surface area contributed by atoms with Gasteiger partial charge in [0.25, 0.3) is 0 Å². The van der Waals surface area contributed by atoms with Gasteiger partial charge in [0, 0.05) is 5.56 Å². The number of carbonyl (C=O) groups is 2. The third-order valence-corrected chi connectivity index (χ3v) is 3.92. The van der Waals surface area contributed by atoms with Crippen LogP contribution in [0.2, 0.25) is 0 Å². The molecule has 106 valence electrons. The summed E-state index contributed by atoms with van der Waals surface area (Å²) in [5.41, 5.74) is 1.62. The first-order valence-electron chi connectivity index (χ1n) is 6.95. The summed E-state index contributed by atoms with van der Waals surface area (Å²) >= 11 is 0. The summed E-state index contributed by atoms with van der Waals surface area (Å²) in [5.74, 6) is -0.334. The van der Waals surface area contributed by atoms with E-state index in [-0.39, 0.29) is 18.4 Å². The summed E-state index contributed by atoms with van der Waals surface area (Å²) in [5, 5.41) is 0. The standard InChI is InChI=1S/C18H16O3/c1-18(11-14-9-5-6-10-15(14)16(18)19)12-21-17(20)13-7-3-2-4-8-13/h2-10H,11-12H2,1H3. The molecule has 1 aliphatic carbocycles. The van der Waals surface area contributed by atoms with E-state index in [0.29, 0.717) is 12.0 Å². The Morgan fingerprint density at radius 1 is 1.10 bits per heavy atom. The van der Waals surface area contributed by atoms with Crippen LogP contribution in [0.4, 0.5) is 0 Å². The van der Waals surface area contributed by atoms with Gasteiger partial charge in [-0.15, -0.1) is 0 Å². The summed E-state index contributed by atoms with van der Waals surface area (Å²) in [6, 6.07) is 16.4. The van der Waals surface area contributed by atoms with Gasteiger partial charge in [0.05, 0.1) is 11.0 Å². The Bertz CT molecular complexity index is 691. The minimum atomic E-state index is -0.659. The molecule has 0 radical (unpaired) electrons. The molecule has 0 saturated carbocycles. The number of hydrogen-bond acceptors (Lipinski definition) is 3. The Labute approximate surface area is 123 Å². The lowest BCUT2D eigenvalue weighted by molar-refractivity contribution is 0.0322. The lowest BCUT2D eigenvalue weighted by Gasteiger charge is -2.21. The monoisotopic (exact) mass is 280 g/mol. The fourth-order valence-electron chi connectivity index (χ4n) is 2.72. The van der Waals surface area contributed by atoms with Gasteiger partial charge in [-0.1, -0.05) is 42.5 Å². The van der Waals surface area contributed by atoms with E-state index in [1.807, 2.05) is 37.3 Å². The van der Waals surface area contributed by atoms with E-state index in [9.17, 15) is 9.59 Å². The van der Waals surface area contributed by atoms with Crippen molar-refractivity contribution < 1.29 is 14.3 Å². The van der Waals surface area contributed by atoms with Gasteiger partial charge in [0.2, 0.25) is 0 Å². The highest BCUT2D eigenvalue weighted by Crippen LogP contribution is 2.36. The van der Waals surface area contributed by atoms with Crippen LogP contribution in [0.1, 0.15) is 33.2 Å². The van der Waals surface area contributed by atoms with Crippen molar-refractivity contribution in [2.24, 2.45) is 5.41 Å². The minimum Gasteiger partial charge on any atom is -0.461 e. The third kappa shape index (κ3) is 2.47. The maximum Gasteiger partial charge on any atom is 0.338 e. The number of ketones is 1. The fourth-order valence-corrected chi connectivity index (χ4v) is 2.72. The lowest BCUT2D eigenvalue weighted by Crippen LogP contribution is -2.31. The van der Waals surface area contributed by atoms with Crippen molar-refractivity contribution in [3.05, 3.63) is 71.3 Å². The number of hydrogen-bond donors (Lipinski definition) is 0. The smallest absolute Gasteiger partial charge is 0.338 e. The average molecular weight is 280 g/mol. The molecule has 0 bridgehead atoms. The van der Waals surface area contributed by atoms with Gasteiger partial charge in [-0.2, -0.15) is 0 Å². The lowest BCUT2D eigenvalue weighted by atomic mass is 9.87. The van der Waals surface area contributed by atoms with E-state index in [4.69, 9.17) is 4.74 Å². The Morgan fingerprint density at radius 2 is 1.76 bits per heavy atom. The minimum absolute atomic E-state index is 0.0546. The van der Waals surface area contributed by atoms with Crippen LogP contribution in [0, 0.1) is 5.41 Å². The largest absolute Gasteiger partial charge is 0.461 e. The second-order valence-corrected chi connectivity index (χ2v) is 5.67. The normalized spacial score (nSPS) is 20.1. The van der Waals surface area contributed by atoms with Crippen molar-refractivity contribution in [1.29, 1.82) is 0 Å². The quantitative estimate of drug-likeness (QED) is 0.810. The second-order valence-electron chi connectivity index (χ2n) is 5.67. The molecule has 0 aromatic heterocycles. The van der Waals surface area contributed by atoms with Crippen LogP contribution in [-0.4, -0.2) is 18.4 Å². The van der Waals surface area contributed by atoms with Crippen LogP contribution in [0.3, 0.4) is 0 Å². The van der Waals surface area contributed by atoms with E-state index >= 15 is 0 Å². The van der Waals surface area contributed by atoms with E-state index in [0.717, 1.165) is 11.1 Å². The number of benzene rings is 2. The zero-order chi connectivity index (χ0) is 14.9. The van der Waals surface area contributed by atoms with Gasteiger partial charge in [-0.25, -0.2) is 4.79 Å². The molecular formula is C18H16O3. The van der Waals surface area contributed by atoms with Gasteiger partial charge >= 0.3 is 5.97 Å². The molecule has 2 aromatic carbocycles. The van der Waals surface area contributed by atoms with Crippen molar-refractivity contribution in [1.82, 2.24) is 0 Å². The van der Waals surface area contributed by atoms with Crippen LogP contribution < -0.4 is 0 Å². The number of ether oxygens (including phenoxy) is 1. The number of fused-ring (bicyclic) bond motifs is 1.